The highest BCUT2D eigenvalue weighted by molar-refractivity contribution is 5.96. The Morgan fingerprint density at radius 1 is 1.50 bits per heavy atom. The molecule has 0 fully saturated rings. The van der Waals surface area contributed by atoms with Gasteiger partial charge in [-0.3, -0.25) is 9.78 Å². The van der Waals surface area contributed by atoms with Crippen LogP contribution < -0.4 is 5.32 Å². The third-order valence-electron chi connectivity index (χ3n) is 2.64. The van der Waals surface area contributed by atoms with Crippen molar-refractivity contribution in [3.8, 4) is 6.07 Å². The third-order valence-corrected chi connectivity index (χ3v) is 2.64. The van der Waals surface area contributed by atoms with Crippen molar-refractivity contribution in [1.29, 1.82) is 5.26 Å². The van der Waals surface area contributed by atoms with Crippen LogP contribution in [0.1, 0.15) is 55.2 Å². The van der Waals surface area contributed by atoms with Gasteiger partial charge in [-0.2, -0.15) is 5.26 Å². The van der Waals surface area contributed by atoms with Crippen molar-refractivity contribution in [2.75, 3.05) is 0 Å². The Balaban J connectivity index is 3.11. The summed E-state index contributed by atoms with van der Waals surface area (Å²) in [5, 5.41) is 11.6. The van der Waals surface area contributed by atoms with E-state index in [9.17, 15) is 4.79 Å². The molecule has 0 atom stereocenters. The second-order valence-corrected chi connectivity index (χ2v) is 5.26. The molecule has 0 aliphatic carbocycles. The van der Waals surface area contributed by atoms with Crippen molar-refractivity contribution in [3.63, 3.8) is 0 Å². The number of nitriles is 1. The first-order valence-corrected chi connectivity index (χ1v) is 5.97. The van der Waals surface area contributed by atoms with Gasteiger partial charge in [0.1, 0.15) is 5.54 Å². The molecule has 18 heavy (non-hydrogen) atoms. The number of amides is 1. The van der Waals surface area contributed by atoms with E-state index in [1.54, 1.807) is 20.0 Å². The van der Waals surface area contributed by atoms with Crippen LogP contribution in [0.3, 0.4) is 0 Å². The van der Waals surface area contributed by atoms with Crippen LogP contribution in [0.5, 0.6) is 0 Å². The maximum Gasteiger partial charge on any atom is 0.254 e. The van der Waals surface area contributed by atoms with Gasteiger partial charge >= 0.3 is 0 Å². The summed E-state index contributed by atoms with van der Waals surface area (Å²) < 4.78 is 0. The Morgan fingerprint density at radius 2 is 2.11 bits per heavy atom. The highest BCUT2D eigenvalue weighted by atomic mass is 16.1. The predicted octanol–water partition coefficient (Wildman–Crippen LogP) is 2.55. The van der Waals surface area contributed by atoms with E-state index in [1.165, 1.54) is 0 Å². The Kier molecular flexibility index (Phi) is 4.07. The SMILES string of the molecule is Cc1cc(C(C)C)c(C(=O)NC(C)(C)C#N)cn1. The number of nitrogens with zero attached hydrogens (tertiary/aromatic N) is 2. The van der Waals surface area contributed by atoms with E-state index in [4.69, 9.17) is 5.26 Å². The van der Waals surface area contributed by atoms with Gasteiger partial charge in [0, 0.05) is 11.9 Å². The lowest BCUT2D eigenvalue weighted by Gasteiger charge is -2.19. The Labute approximate surface area is 108 Å². The molecule has 0 aliphatic heterocycles. The summed E-state index contributed by atoms with van der Waals surface area (Å²) >= 11 is 0. The molecule has 0 saturated heterocycles. The summed E-state index contributed by atoms with van der Waals surface area (Å²) in [6.07, 6.45) is 1.58. The number of aryl methyl sites for hydroxylation is 1. The number of rotatable bonds is 3. The van der Waals surface area contributed by atoms with Gasteiger partial charge in [-0.1, -0.05) is 13.8 Å². The lowest BCUT2D eigenvalue weighted by molar-refractivity contribution is 0.0927. The van der Waals surface area contributed by atoms with Crippen LogP contribution in [0.2, 0.25) is 0 Å². The van der Waals surface area contributed by atoms with E-state index >= 15 is 0 Å². The van der Waals surface area contributed by atoms with Crippen molar-refractivity contribution < 1.29 is 4.79 Å². The fourth-order valence-corrected chi connectivity index (χ4v) is 1.63. The summed E-state index contributed by atoms with van der Waals surface area (Å²) in [5.74, 6) is -0.0182. The van der Waals surface area contributed by atoms with Crippen molar-refractivity contribution in [2.45, 2.75) is 46.1 Å². The molecular weight excluding hydrogens is 226 g/mol. The molecule has 1 aromatic rings. The van der Waals surface area contributed by atoms with Crippen molar-refractivity contribution >= 4 is 5.91 Å². The minimum Gasteiger partial charge on any atom is -0.334 e. The van der Waals surface area contributed by atoms with Crippen molar-refractivity contribution in [1.82, 2.24) is 10.3 Å². The van der Waals surface area contributed by atoms with E-state index in [1.807, 2.05) is 32.9 Å². The molecule has 1 rings (SSSR count). The van der Waals surface area contributed by atoms with Crippen LogP contribution in [0.25, 0.3) is 0 Å². The average molecular weight is 245 g/mol. The molecule has 1 heterocycles. The largest absolute Gasteiger partial charge is 0.334 e. The molecule has 0 aromatic carbocycles. The second-order valence-electron chi connectivity index (χ2n) is 5.26. The number of pyridine rings is 1. The molecule has 1 amide bonds. The highest BCUT2D eigenvalue weighted by Gasteiger charge is 2.22. The van der Waals surface area contributed by atoms with Crippen LogP contribution in [0, 0.1) is 18.3 Å². The van der Waals surface area contributed by atoms with E-state index in [0.717, 1.165) is 11.3 Å². The lowest BCUT2D eigenvalue weighted by atomic mass is 9.97. The molecule has 0 unspecified atom stereocenters. The van der Waals surface area contributed by atoms with E-state index in [0.29, 0.717) is 5.56 Å². The maximum absolute atomic E-state index is 12.2. The van der Waals surface area contributed by atoms with Gasteiger partial charge < -0.3 is 5.32 Å². The minimum absolute atomic E-state index is 0.234. The zero-order valence-electron chi connectivity index (χ0n) is 11.5. The smallest absolute Gasteiger partial charge is 0.254 e. The fraction of sp³-hybridized carbons (Fsp3) is 0.500. The predicted molar refractivity (Wildman–Crippen MR) is 70.2 cm³/mol. The number of carbonyl (C=O) groups is 1. The topological polar surface area (TPSA) is 65.8 Å². The summed E-state index contributed by atoms with van der Waals surface area (Å²) in [6.45, 7) is 9.29. The summed E-state index contributed by atoms with van der Waals surface area (Å²) in [4.78, 5) is 16.3. The maximum atomic E-state index is 12.2. The molecule has 1 aromatic heterocycles. The van der Waals surface area contributed by atoms with E-state index in [2.05, 4.69) is 10.3 Å². The Hall–Kier alpha value is -1.89. The summed E-state index contributed by atoms with van der Waals surface area (Å²) in [5.41, 5.74) is 1.50. The zero-order chi connectivity index (χ0) is 13.9. The van der Waals surface area contributed by atoms with Gasteiger partial charge in [-0.15, -0.1) is 0 Å². The van der Waals surface area contributed by atoms with Crippen molar-refractivity contribution in [3.05, 3.63) is 29.1 Å². The quantitative estimate of drug-likeness (QED) is 0.890. The second kappa shape index (κ2) is 5.18. The third kappa shape index (κ3) is 3.30. The standard InChI is InChI=1S/C14H19N3O/c1-9(2)11-6-10(3)16-7-12(11)13(18)17-14(4,5)8-15/h6-7,9H,1-5H3,(H,17,18). The summed E-state index contributed by atoms with van der Waals surface area (Å²) in [7, 11) is 0. The Morgan fingerprint density at radius 3 is 2.61 bits per heavy atom. The molecule has 4 heteroatoms. The Bertz CT molecular complexity index is 498. The van der Waals surface area contributed by atoms with E-state index < -0.39 is 5.54 Å². The minimum atomic E-state index is -0.879. The van der Waals surface area contributed by atoms with E-state index in [-0.39, 0.29) is 11.8 Å². The van der Waals surface area contributed by atoms with Crippen LogP contribution >= 0.6 is 0 Å². The number of carbonyl (C=O) groups excluding carboxylic acids is 1. The normalized spacial score (nSPS) is 11.2. The number of nitrogens with one attached hydrogen (secondary N) is 1. The summed E-state index contributed by atoms with van der Waals surface area (Å²) in [6, 6.07) is 3.97. The molecule has 0 spiro atoms. The monoisotopic (exact) mass is 245 g/mol. The van der Waals surface area contributed by atoms with Gasteiger partial charge in [-0.05, 0) is 38.3 Å². The van der Waals surface area contributed by atoms with Crippen LogP contribution in [-0.2, 0) is 0 Å². The van der Waals surface area contributed by atoms with Crippen LogP contribution in [-0.4, -0.2) is 16.4 Å². The number of hydrogen-bond donors (Lipinski definition) is 1. The first-order chi connectivity index (χ1) is 8.26. The number of aromatic nitrogens is 1. The van der Waals surface area contributed by atoms with Crippen molar-refractivity contribution in [2.24, 2.45) is 0 Å². The van der Waals surface area contributed by atoms with Gasteiger partial charge in [0.2, 0.25) is 0 Å². The molecule has 1 N–H and O–H groups in total. The molecule has 0 saturated carbocycles. The first-order valence-electron chi connectivity index (χ1n) is 5.97. The molecule has 96 valence electrons. The highest BCUT2D eigenvalue weighted by Crippen LogP contribution is 2.20. The first kappa shape index (κ1) is 14.2. The lowest BCUT2D eigenvalue weighted by Crippen LogP contribution is -2.42. The number of hydrogen-bond acceptors (Lipinski definition) is 3. The molecule has 4 nitrogen and oxygen atoms in total. The molecule has 0 aliphatic rings. The van der Waals surface area contributed by atoms with Gasteiger partial charge in [0.25, 0.3) is 5.91 Å². The van der Waals surface area contributed by atoms with Gasteiger partial charge in [0.05, 0.1) is 11.6 Å². The fourth-order valence-electron chi connectivity index (χ4n) is 1.63. The van der Waals surface area contributed by atoms with Gasteiger partial charge in [-0.25, -0.2) is 0 Å². The molecular formula is C14H19N3O. The molecule has 0 radical (unpaired) electrons. The van der Waals surface area contributed by atoms with Gasteiger partial charge in [0.15, 0.2) is 0 Å². The molecule has 0 bridgehead atoms. The van der Waals surface area contributed by atoms with Crippen LogP contribution in [0.4, 0.5) is 0 Å². The van der Waals surface area contributed by atoms with Crippen LogP contribution in [0.15, 0.2) is 12.3 Å². The zero-order valence-corrected chi connectivity index (χ0v) is 11.5. The average Bonchev–Trinajstić information content (AvgIpc) is 2.28.